The number of piperidine rings is 1. The first-order valence-corrected chi connectivity index (χ1v) is 7.33. The average Bonchev–Trinajstić information content (AvgIpc) is 2.79. The normalized spacial score (nSPS) is 15.3. The van der Waals surface area contributed by atoms with Gasteiger partial charge in [0.15, 0.2) is 5.13 Å². The zero-order valence-corrected chi connectivity index (χ0v) is 12.1. The third kappa shape index (κ3) is 3.47. The number of carbonyl (C=O) groups is 1. The van der Waals surface area contributed by atoms with Crippen LogP contribution in [0.1, 0.15) is 35.9 Å². The van der Waals surface area contributed by atoms with Crippen molar-refractivity contribution in [1.29, 1.82) is 0 Å². The summed E-state index contributed by atoms with van der Waals surface area (Å²) in [6.07, 6.45) is 3.62. The number of carbonyl (C=O) groups excluding carboxylic acids is 1. The Labute approximate surface area is 117 Å². The van der Waals surface area contributed by atoms with E-state index >= 15 is 0 Å². The van der Waals surface area contributed by atoms with Crippen LogP contribution in [0.25, 0.3) is 0 Å². The summed E-state index contributed by atoms with van der Waals surface area (Å²) >= 11 is 1.37. The van der Waals surface area contributed by atoms with Crippen LogP contribution in [-0.4, -0.2) is 30.5 Å². The Balaban J connectivity index is 2.07. The molecule has 0 unspecified atom stereocenters. The molecule has 0 atom stereocenters. The standard InChI is InChI=1S/C13H20N4OS/c1-9(2)8-15-12(18)10-11(14)16-13(19-10)17-6-4-3-5-7-17/h1,3-8,14H2,2H3,(H,15,18). The van der Waals surface area contributed by atoms with Crippen molar-refractivity contribution in [3.8, 4) is 0 Å². The summed E-state index contributed by atoms with van der Waals surface area (Å²) in [5.74, 6) is 0.158. The van der Waals surface area contributed by atoms with Crippen LogP contribution < -0.4 is 16.0 Å². The number of aromatic nitrogens is 1. The molecule has 1 fully saturated rings. The van der Waals surface area contributed by atoms with Gasteiger partial charge in [-0.1, -0.05) is 23.5 Å². The molecular formula is C13H20N4OS. The minimum absolute atomic E-state index is 0.166. The topological polar surface area (TPSA) is 71.2 Å². The summed E-state index contributed by atoms with van der Waals surface area (Å²) in [5.41, 5.74) is 6.75. The quantitative estimate of drug-likeness (QED) is 0.828. The number of hydrogen-bond donors (Lipinski definition) is 2. The lowest BCUT2D eigenvalue weighted by Crippen LogP contribution is -2.29. The van der Waals surface area contributed by atoms with Crippen LogP contribution in [0, 0.1) is 0 Å². The number of rotatable bonds is 4. The highest BCUT2D eigenvalue weighted by molar-refractivity contribution is 7.18. The lowest BCUT2D eigenvalue weighted by atomic mass is 10.1. The molecule has 0 bridgehead atoms. The number of anilines is 2. The molecule has 1 aromatic heterocycles. The van der Waals surface area contributed by atoms with Gasteiger partial charge in [0.2, 0.25) is 0 Å². The van der Waals surface area contributed by atoms with Crippen LogP contribution in [0.5, 0.6) is 0 Å². The van der Waals surface area contributed by atoms with Crippen molar-refractivity contribution < 1.29 is 4.79 Å². The van der Waals surface area contributed by atoms with E-state index < -0.39 is 0 Å². The number of nitrogens with two attached hydrogens (primary N) is 1. The van der Waals surface area contributed by atoms with Gasteiger partial charge in [0.1, 0.15) is 10.7 Å². The summed E-state index contributed by atoms with van der Waals surface area (Å²) in [6, 6.07) is 0. The summed E-state index contributed by atoms with van der Waals surface area (Å²) < 4.78 is 0. The summed E-state index contributed by atoms with van der Waals surface area (Å²) in [4.78, 5) is 19.0. The van der Waals surface area contributed by atoms with E-state index in [2.05, 4.69) is 21.8 Å². The van der Waals surface area contributed by atoms with Crippen LogP contribution in [0.4, 0.5) is 10.9 Å². The smallest absolute Gasteiger partial charge is 0.265 e. The highest BCUT2D eigenvalue weighted by atomic mass is 32.1. The minimum atomic E-state index is -0.166. The molecular weight excluding hydrogens is 260 g/mol. The Morgan fingerprint density at radius 1 is 1.47 bits per heavy atom. The van der Waals surface area contributed by atoms with E-state index in [1.54, 1.807) is 0 Å². The molecule has 5 nitrogen and oxygen atoms in total. The molecule has 1 saturated heterocycles. The van der Waals surface area contributed by atoms with Crippen molar-refractivity contribution in [3.63, 3.8) is 0 Å². The average molecular weight is 280 g/mol. The number of amides is 1. The van der Waals surface area contributed by atoms with Gasteiger partial charge in [0.05, 0.1) is 0 Å². The molecule has 1 aromatic rings. The molecule has 0 saturated carbocycles. The van der Waals surface area contributed by atoms with Crippen LogP contribution in [-0.2, 0) is 0 Å². The lowest BCUT2D eigenvalue weighted by molar-refractivity contribution is 0.0961. The maximum absolute atomic E-state index is 12.0. The molecule has 6 heteroatoms. The number of nitrogens with zero attached hydrogens (tertiary/aromatic N) is 2. The Kier molecular flexibility index (Phi) is 4.42. The van der Waals surface area contributed by atoms with Crippen molar-refractivity contribution in [2.24, 2.45) is 0 Å². The van der Waals surface area contributed by atoms with Crippen molar-refractivity contribution in [2.45, 2.75) is 26.2 Å². The highest BCUT2D eigenvalue weighted by Crippen LogP contribution is 2.29. The zero-order valence-electron chi connectivity index (χ0n) is 11.2. The first-order valence-electron chi connectivity index (χ1n) is 6.51. The maximum atomic E-state index is 12.0. The van der Waals surface area contributed by atoms with Crippen LogP contribution in [0.15, 0.2) is 12.2 Å². The first kappa shape index (κ1) is 13.9. The number of thiazole rings is 1. The van der Waals surface area contributed by atoms with Gasteiger partial charge in [-0.2, -0.15) is 0 Å². The summed E-state index contributed by atoms with van der Waals surface area (Å²) in [6.45, 7) is 8.09. The second-order valence-electron chi connectivity index (χ2n) is 4.90. The fourth-order valence-electron chi connectivity index (χ4n) is 2.01. The van der Waals surface area contributed by atoms with E-state index in [0.29, 0.717) is 17.2 Å². The Morgan fingerprint density at radius 2 is 2.16 bits per heavy atom. The van der Waals surface area contributed by atoms with Gasteiger partial charge in [-0.05, 0) is 26.2 Å². The van der Waals surface area contributed by atoms with Gasteiger partial charge < -0.3 is 16.0 Å². The van der Waals surface area contributed by atoms with Gasteiger partial charge in [-0.25, -0.2) is 4.98 Å². The molecule has 0 aliphatic carbocycles. The molecule has 1 aliphatic heterocycles. The van der Waals surface area contributed by atoms with Crippen molar-refractivity contribution >= 4 is 28.2 Å². The van der Waals surface area contributed by atoms with E-state index in [1.807, 2.05) is 6.92 Å². The third-order valence-corrected chi connectivity index (χ3v) is 4.16. The fourth-order valence-corrected chi connectivity index (χ4v) is 2.97. The van der Waals surface area contributed by atoms with Crippen molar-refractivity contribution in [3.05, 3.63) is 17.0 Å². The number of hydrogen-bond acceptors (Lipinski definition) is 5. The monoisotopic (exact) mass is 280 g/mol. The van der Waals surface area contributed by atoms with Crippen molar-refractivity contribution in [1.82, 2.24) is 10.3 Å². The highest BCUT2D eigenvalue weighted by Gasteiger charge is 2.20. The molecule has 3 N–H and O–H groups in total. The first-order chi connectivity index (χ1) is 9.08. The van der Waals surface area contributed by atoms with Gasteiger partial charge in [-0.3, -0.25) is 4.79 Å². The molecule has 0 radical (unpaired) electrons. The van der Waals surface area contributed by atoms with Crippen LogP contribution >= 0.6 is 11.3 Å². The largest absolute Gasteiger partial charge is 0.382 e. The third-order valence-electron chi connectivity index (χ3n) is 3.03. The van der Waals surface area contributed by atoms with Crippen molar-refractivity contribution in [2.75, 3.05) is 30.3 Å². The van der Waals surface area contributed by atoms with Gasteiger partial charge in [-0.15, -0.1) is 0 Å². The second kappa shape index (κ2) is 6.06. The fraction of sp³-hybridized carbons (Fsp3) is 0.538. The molecule has 104 valence electrons. The van der Waals surface area contributed by atoms with E-state index in [1.165, 1.54) is 30.6 Å². The van der Waals surface area contributed by atoms with E-state index in [-0.39, 0.29) is 5.91 Å². The SMILES string of the molecule is C=C(C)CNC(=O)c1sc(N2CCCCC2)nc1N. The Bertz CT molecular complexity index is 477. The summed E-state index contributed by atoms with van der Waals surface area (Å²) in [7, 11) is 0. The minimum Gasteiger partial charge on any atom is -0.382 e. The van der Waals surface area contributed by atoms with E-state index in [4.69, 9.17) is 5.73 Å². The molecule has 2 heterocycles. The lowest BCUT2D eigenvalue weighted by Gasteiger charge is -2.25. The number of nitrogen functional groups attached to an aromatic ring is 1. The number of nitrogens with one attached hydrogen (secondary N) is 1. The van der Waals surface area contributed by atoms with Gasteiger partial charge in [0.25, 0.3) is 5.91 Å². The van der Waals surface area contributed by atoms with Crippen LogP contribution in [0.2, 0.25) is 0 Å². The van der Waals surface area contributed by atoms with E-state index in [9.17, 15) is 4.79 Å². The molecule has 1 aliphatic rings. The second-order valence-corrected chi connectivity index (χ2v) is 5.88. The molecule has 19 heavy (non-hydrogen) atoms. The predicted octanol–water partition coefficient (Wildman–Crippen LogP) is 2.02. The molecule has 1 amide bonds. The van der Waals surface area contributed by atoms with Gasteiger partial charge in [0, 0.05) is 19.6 Å². The van der Waals surface area contributed by atoms with E-state index in [0.717, 1.165) is 23.8 Å². The Hall–Kier alpha value is -1.56. The Morgan fingerprint density at radius 3 is 2.79 bits per heavy atom. The maximum Gasteiger partial charge on any atom is 0.265 e. The summed E-state index contributed by atoms with van der Waals surface area (Å²) in [5, 5.41) is 3.65. The molecule has 0 aromatic carbocycles. The molecule has 2 rings (SSSR count). The molecule has 0 spiro atoms. The van der Waals surface area contributed by atoms with Gasteiger partial charge >= 0.3 is 0 Å². The predicted molar refractivity (Wildman–Crippen MR) is 79.7 cm³/mol. The zero-order chi connectivity index (χ0) is 13.8. The van der Waals surface area contributed by atoms with Crippen LogP contribution in [0.3, 0.4) is 0 Å².